The van der Waals surface area contributed by atoms with Crippen LogP contribution in [0, 0.1) is 0 Å². The van der Waals surface area contributed by atoms with Crippen molar-refractivity contribution >= 4 is 30.7 Å². The number of carbonyl (C=O) groups is 1. The Morgan fingerprint density at radius 3 is 1.52 bits per heavy atom. The Hall–Kier alpha value is 0.01000. The van der Waals surface area contributed by atoms with Gasteiger partial charge in [-0.1, -0.05) is 71.1 Å². The Morgan fingerprint density at radius 2 is 1.08 bits per heavy atom. The predicted molar refractivity (Wildman–Crippen MR) is 116 cm³/mol. The summed E-state index contributed by atoms with van der Waals surface area (Å²) < 4.78 is 0. The van der Waals surface area contributed by atoms with Crippen molar-refractivity contribution in [3.63, 3.8) is 0 Å². The molecule has 25 heavy (non-hydrogen) atoms. The van der Waals surface area contributed by atoms with Gasteiger partial charge in [-0.2, -0.15) is 0 Å². The Labute approximate surface area is 170 Å². The van der Waals surface area contributed by atoms with Gasteiger partial charge in [0, 0.05) is 20.0 Å². The van der Waals surface area contributed by atoms with Gasteiger partial charge >= 0.3 is 0 Å². The number of unbranched alkanes of at least 4 members (excludes halogenated alkanes) is 10. The van der Waals surface area contributed by atoms with Gasteiger partial charge in [0.15, 0.2) is 0 Å². The topological polar surface area (TPSA) is 23.6 Å². The first-order valence-corrected chi connectivity index (χ1v) is 9.96. The zero-order valence-electron chi connectivity index (χ0n) is 17.2. The van der Waals surface area contributed by atoms with Crippen LogP contribution in [-0.4, -0.2) is 49.9 Å². The molecule has 0 aromatic rings. The van der Waals surface area contributed by atoms with E-state index in [0.717, 1.165) is 32.4 Å². The Bertz CT molecular complexity index is 276. The molecule has 0 fully saturated rings. The largest absolute Gasteiger partial charge is 0.346 e. The van der Waals surface area contributed by atoms with E-state index in [4.69, 9.17) is 0 Å². The van der Waals surface area contributed by atoms with Crippen molar-refractivity contribution in [2.24, 2.45) is 0 Å². The fraction of sp³-hybridized carbons (Fsp3) is 0.950. The first-order chi connectivity index (χ1) is 11.1. The summed E-state index contributed by atoms with van der Waals surface area (Å²) in [6.45, 7) is 4.21. The van der Waals surface area contributed by atoms with E-state index in [1.807, 2.05) is 11.9 Å². The maximum Gasteiger partial charge on any atom is 0.222 e. The number of amides is 1. The van der Waals surface area contributed by atoms with Crippen LogP contribution in [0.3, 0.4) is 0 Å². The van der Waals surface area contributed by atoms with E-state index in [9.17, 15) is 4.79 Å². The van der Waals surface area contributed by atoms with Crippen molar-refractivity contribution in [3.05, 3.63) is 0 Å². The highest BCUT2D eigenvalue weighted by atomic mass is 35.5. The summed E-state index contributed by atoms with van der Waals surface area (Å²) in [5.41, 5.74) is 0. The fourth-order valence-electron chi connectivity index (χ4n) is 2.88. The molecule has 0 heterocycles. The molecule has 1 amide bonds. The van der Waals surface area contributed by atoms with Crippen molar-refractivity contribution in [2.45, 2.75) is 90.4 Å². The van der Waals surface area contributed by atoms with Crippen LogP contribution in [0.15, 0.2) is 0 Å². The van der Waals surface area contributed by atoms with Crippen molar-refractivity contribution < 1.29 is 4.79 Å². The first kappa shape index (κ1) is 29.8. The second-order valence-electron chi connectivity index (χ2n) is 7.26. The van der Waals surface area contributed by atoms with Crippen LogP contribution >= 0.6 is 24.8 Å². The number of halogens is 2. The molecule has 0 aromatic carbocycles. The average Bonchev–Trinajstić information content (AvgIpc) is 2.51. The third kappa shape index (κ3) is 22.0. The van der Waals surface area contributed by atoms with Crippen molar-refractivity contribution in [1.29, 1.82) is 0 Å². The minimum Gasteiger partial charge on any atom is -0.346 e. The smallest absolute Gasteiger partial charge is 0.222 e. The molecule has 3 nitrogen and oxygen atoms in total. The lowest BCUT2D eigenvalue weighted by Crippen LogP contribution is -2.29. The van der Waals surface area contributed by atoms with Crippen LogP contribution in [0.2, 0.25) is 0 Å². The Kier molecular flexibility index (Phi) is 26.3. The highest BCUT2D eigenvalue weighted by molar-refractivity contribution is 5.85. The molecule has 0 aromatic heterocycles. The predicted octanol–water partition coefficient (Wildman–Crippen LogP) is 5.94. The first-order valence-electron chi connectivity index (χ1n) is 9.96. The van der Waals surface area contributed by atoms with Crippen LogP contribution in [0.1, 0.15) is 90.4 Å². The standard InChI is InChI=1S/C20H42N2O.2ClH/c1-5-6-7-8-9-10-11-12-13-14-15-17-20(23)22(4)19-16-18-21(2)3;;/h5-19H2,1-4H3;2*1H. The van der Waals surface area contributed by atoms with Crippen molar-refractivity contribution in [3.8, 4) is 0 Å². The zero-order chi connectivity index (χ0) is 17.3. The van der Waals surface area contributed by atoms with Crippen LogP contribution in [0.4, 0.5) is 0 Å². The number of hydrogen-bond acceptors (Lipinski definition) is 2. The molecule has 154 valence electrons. The van der Waals surface area contributed by atoms with E-state index < -0.39 is 0 Å². The molecule has 0 saturated carbocycles. The van der Waals surface area contributed by atoms with Gasteiger partial charge in [0.1, 0.15) is 0 Å². The summed E-state index contributed by atoms with van der Waals surface area (Å²) in [5, 5.41) is 0. The van der Waals surface area contributed by atoms with Gasteiger partial charge in [0.25, 0.3) is 0 Å². The Morgan fingerprint density at radius 1 is 0.640 bits per heavy atom. The second kappa shape index (κ2) is 22.1. The summed E-state index contributed by atoms with van der Waals surface area (Å²) in [6.07, 6.45) is 16.5. The van der Waals surface area contributed by atoms with E-state index in [1.165, 1.54) is 64.2 Å². The molecule has 0 unspecified atom stereocenters. The second-order valence-corrected chi connectivity index (χ2v) is 7.26. The summed E-state index contributed by atoms with van der Waals surface area (Å²) >= 11 is 0. The summed E-state index contributed by atoms with van der Waals surface area (Å²) in [6, 6.07) is 0. The van der Waals surface area contributed by atoms with Crippen LogP contribution in [-0.2, 0) is 4.79 Å². The molecule has 0 aliphatic heterocycles. The Balaban J connectivity index is -0.00000242. The van der Waals surface area contributed by atoms with Gasteiger partial charge in [-0.25, -0.2) is 0 Å². The molecule has 5 heteroatoms. The van der Waals surface area contributed by atoms with Gasteiger partial charge in [0.2, 0.25) is 5.91 Å². The van der Waals surface area contributed by atoms with Gasteiger partial charge in [0.05, 0.1) is 0 Å². The van der Waals surface area contributed by atoms with Gasteiger partial charge in [-0.05, 0) is 33.5 Å². The minimum atomic E-state index is 0. The maximum absolute atomic E-state index is 12.0. The van der Waals surface area contributed by atoms with E-state index >= 15 is 0 Å². The molecule has 0 atom stereocenters. The van der Waals surface area contributed by atoms with Gasteiger partial charge in [-0.3, -0.25) is 4.79 Å². The molecule has 0 spiro atoms. The lowest BCUT2D eigenvalue weighted by Gasteiger charge is -2.18. The zero-order valence-corrected chi connectivity index (χ0v) is 18.9. The minimum absolute atomic E-state index is 0. The number of carbonyl (C=O) groups excluding carboxylic acids is 1. The third-order valence-corrected chi connectivity index (χ3v) is 4.52. The summed E-state index contributed by atoms with van der Waals surface area (Å²) in [4.78, 5) is 16.1. The number of nitrogens with zero attached hydrogens (tertiary/aromatic N) is 2. The normalized spacial score (nSPS) is 10.3. The number of rotatable bonds is 16. The highest BCUT2D eigenvalue weighted by Gasteiger charge is 2.07. The fourth-order valence-corrected chi connectivity index (χ4v) is 2.88. The van der Waals surface area contributed by atoms with Crippen LogP contribution in [0.5, 0.6) is 0 Å². The average molecular weight is 399 g/mol. The molecular formula is C20H44Cl2N2O. The van der Waals surface area contributed by atoms with Gasteiger partial charge < -0.3 is 9.80 Å². The van der Waals surface area contributed by atoms with Crippen molar-refractivity contribution in [2.75, 3.05) is 34.2 Å². The summed E-state index contributed by atoms with van der Waals surface area (Å²) in [5.74, 6) is 0.319. The van der Waals surface area contributed by atoms with Crippen molar-refractivity contribution in [1.82, 2.24) is 9.80 Å². The molecule has 0 saturated heterocycles. The van der Waals surface area contributed by atoms with E-state index in [0.29, 0.717) is 5.91 Å². The number of hydrogen-bond donors (Lipinski definition) is 0. The molecule has 0 rings (SSSR count). The van der Waals surface area contributed by atoms with E-state index in [-0.39, 0.29) is 24.8 Å². The lowest BCUT2D eigenvalue weighted by molar-refractivity contribution is -0.130. The molecule has 0 aliphatic carbocycles. The summed E-state index contributed by atoms with van der Waals surface area (Å²) in [7, 11) is 6.09. The third-order valence-electron chi connectivity index (χ3n) is 4.52. The maximum atomic E-state index is 12.0. The SMILES string of the molecule is CCCCCCCCCCCCCC(=O)N(C)CCCN(C)C.Cl.Cl. The quantitative estimate of drug-likeness (QED) is 0.300. The lowest BCUT2D eigenvalue weighted by atomic mass is 10.1. The van der Waals surface area contributed by atoms with E-state index in [1.54, 1.807) is 0 Å². The van der Waals surface area contributed by atoms with Crippen LogP contribution < -0.4 is 0 Å². The molecule has 0 radical (unpaired) electrons. The molecule has 0 N–H and O–H groups in total. The molecule has 0 bridgehead atoms. The highest BCUT2D eigenvalue weighted by Crippen LogP contribution is 2.12. The van der Waals surface area contributed by atoms with E-state index in [2.05, 4.69) is 25.9 Å². The van der Waals surface area contributed by atoms with Gasteiger partial charge in [-0.15, -0.1) is 24.8 Å². The van der Waals surface area contributed by atoms with Crippen LogP contribution in [0.25, 0.3) is 0 Å². The molecule has 0 aliphatic rings. The molecular weight excluding hydrogens is 355 g/mol. The monoisotopic (exact) mass is 398 g/mol.